The molecule has 0 atom stereocenters. The highest BCUT2D eigenvalue weighted by molar-refractivity contribution is 8.02. The van der Waals surface area contributed by atoms with E-state index in [0.717, 1.165) is 39.1 Å². The van der Waals surface area contributed by atoms with Gasteiger partial charge in [-0.15, -0.1) is 11.8 Å². The molecule has 0 unspecified atom stereocenters. The summed E-state index contributed by atoms with van der Waals surface area (Å²) in [6.07, 6.45) is 5.34. The van der Waals surface area contributed by atoms with Gasteiger partial charge in [0.05, 0.1) is 5.03 Å². The molecule has 1 aromatic heterocycles. The van der Waals surface area contributed by atoms with Crippen molar-refractivity contribution >= 4 is 28.7 Å². The number of thioether (sulfide) groups is 1. The van der Waals surface area contributed by atoms with Gasteiger partial charge in [-0.25, -0.2) is 0 Å². The summed E-state index contributed by atoms with van der Waals surface area (Å²) in [7, 11) is 2.14. The van der Waals surface area contributed by atoms with Crippen molar-refractivity contribution in [3.05, 3.63) is 47.1 Å². The second kappa shape index (κ2) is 10.5. The number of piperazine rings is 1. The fourth-order valence-electron chi connectivity index (χ4n) is 3.40. The third-order valence-electron chi connectivity index (χ3n) is 4.92. The van der Waals surface area contributed by atoms with Crippen molar-refractivity contribution in [1.82, 2.24) is 9.80 Å². The van der Waals surface area contributed by atoms with E-state index in [0.29, 0.717) is 0 Å². The van der Waals surface area contributed by atoms with Crippen LogP contribution in [-0.2, 0) is 7.05 Å². The molecule has 0 amide bonds. The molecule has 0 aliphatic carbocycles. The fraction of sp³-hybridized carbons (Fsp3) is 0.450. The highest BCUT2D eigenvalue weighted by Crippen LogP contribution is 2.22. The molecule has 6 heteroatoms. The van der Waals surface area contributed by atoms with Crippen molar-refractivity contribution in [2.75, 3.05) is 45.6 Å². The number of hydrogen-bond donors (Lipinski definition) is 1. The predicted octanol–water partition coefficient (Wildman–Crippen LogP) is -0.670. The maximum atomic E-state index is 8.99. The number of aryl methyl sites for hydroxylation is 1. The Morgan fingerprint density at radius 1 is 1.15 bits per heavy atom. The van der Waals surface area contributed by atoms with E-state index in [1.54, 1.807) is 0 Å². The first-order chi connectivity index (χ1) is 12.2. The zero-order chi connectivity index (χ0) is 17.6. The average Bonchev–Trinajstić information content (AvgIpc) is 2.67. The van der Waals surface area contributed by atoms with Crippen molar-refractivity contribution in [3.63, 3.8) is 0 Å². The molecule has 1 aromatic carbocycles. The van der Waals surface area contributed by atoms with Gasteiger partial charge in [0.2, 0.25) is 11.2 Å². The number of aromatic nitrogens is 1. The van der Waals surface area contributed by atoms with Crippen LogP contribution in [0.5, 0.6) is 0 Å². The first-order valence-corrected chi connectivity index (χ1v) is 10.2. The van der Waals surface area contributed by atoms with E-state index in [2.05, 4.69) is 70.1 Å². The Hall–Kier alpha value is -0.830. The smallest absolute Gasteiger partial charge is 0.212 e. The van der Waals surface area contributed by atoms with Gasteiger partial charge in [0, 0.05) is 62.9 Å². The molecule has 0 saturated carbocycles. The van der Waals surface area contributed by atoms with Gasteiger partial charge in [-0.05, 0) is 24.8 Å². The van der Waals surface area contributed by atoms with Crippen molar-refractivity contribution < 1.29 is 33.7 Å². The number of pyridine rings is 1. The normalized spacial score (nSPS) is 16.0. The fourth-order valence-corrected chi connectivity index (χ4v) is 4.08. The maximum absolute atomic E-state index is 8.99. The summed E-state index contributed by atoms with van der Waals surface area (Å²) in [5.74, 6) is 0. The third-order valence-corrected chi connectivity index (χ3v) is 5.71. The van der Waals surface area contributed by atoms with Gasteiger partial charge in [-0.3, -0.25) is 4.90 Å². The van der Waals surface area contributed by atoms with Crippen LogP contribution in [0.15, 0.2) is 41.4 Å². The van der Waals surface area contributed by atoms with Crippen LogP contribution in [0.1, 0.15) is 12.1 Å². The van der Waals surface area contributed by atoms with Gasteiger partial charge in [0.25, 0.3) is 0 Å². The number of hydrogen-bond acceptors (Lipinski definition) is 4. The van der Waals surface area contributed by atoms with Crippen LogP contribution < -0.4 is 28.5 Å². The number of nitrogens with zero attached hydrogens (tertiary/aromatic N) is 3. The lowest BCUT2D eigenvalue weighted by molar-refractivity contribution is -0.646. The van der Waals surface area contributed by atoms with Crippen LogP contribution in [0, 0.1) is 0 Å². The summed E-state index contributed by atoms with van der Waals surface area (Å²) in [5.41, 5.74) is 2.48. The number of aliphatic hydroxyl groups excluding tert-OH is 1. The average molecular weight is 485 g/mol. The van der Waals surface area contributed by atoms with Crippen LogP contribution in [0.25, 0.3) is 17.0 Å². The zero-order valence-corrected chi connectivity index (χ0v) is 18.5. The van der Waals surface area contributed by atoms with Crippen molar-refractivity contribution in [3.8, 4) is 0 Å². The number of para-hydroxylation sites is 1. The number of benzene rings is 1. The van der Waals surface area contributed by atoms with E-state index in [4.69, 9.17) is 5.11 Å². The second-order valence-corrected chi connectivity index (χ2v) is 7.30. The van der Waals surface area contributed by atoms with Gasteiger partial charge in [0.1, 0.15) is 7.05 Å². The molecule has 1 aliphatic heterocycles. The van der Waals surface area contributed by atoms with E-state index >= 15 is 0 Å². The number of aliphatic hydroxyl groups is 1. The number of halogens is 1. The van der Waals surface area contributed by atoms with Crippen molar-refractivity contribution in [2.45, 2.75) is 6.42 Å². The topological polar surface area (TPSA) is 30.6 Å². The quantitative estimate of drug-likeness (QED) is 0.435. The monoisotopic (exact) mass is 485 g/mol. The SMILES string of the molecule is CS/C(=C\c1ccc2ccccc2[n+]1C)N1CCN(CCCO)CC1.[I-]. The largest absolute Gasteiger partial charge is 1.00 e. The Labute approximate surface area is 177 Å². The minimum atomic E-state index is 0. The van der Waals surface area contributed by atoms with Gasteiger partial charge >= 0.3 is 0 Å². The molecule has 0 bridgehead atoms. The molecular weight excluding hydrogens is 457 g/mol. The van der Waals surface area contributed by atoms with Gasteiger partial charge in [-0.1, -0.05) is 12.1 Å². The van der Waals surface area contributed by atoms with Crippen LogP contribution in [0.3, 0.4) is 0 Å². The molecule has 1 fully saturated rings. The zero-order valence-electron chi connectivity index (χ0n) is 15.6. The second-order valence-electron chi connectivity index (χ2n) is 6.47. The van der Waals surface area contributed by atoms with E-state index < -0.39 is 0 Å². The lowest BCUT2D eigenvalue weighted by Gasteiger charge is -2.36. The molecule has 3 rings (SSSR count). The lowest BCUT2D eigenvalue weighted by atomic mass is 10.2. The molecule has 2 aromatic rings. The standard InChI is InChI=1S/C20H28N3OS.HI/c1-21-18(9-8-17-6-3-4-7-19(17)21)16-20(25-2)23-13-11-22(12-14-23)10-5-15-24;/h3-4,6-9,16,24H,5,10-15H2,1-2H3;1H/q+1;/p-1. The highest BCUT2D eigenvalue weighted by Gasteiger charge is 2.19. The molecule has 1 saturated heterocycles. The summed E-state index contributed by atoms with van der Waals surface area (Å²) >= 11 is 1.82. The van der Waals surface area contributed by atoms with E-state index in [-0.39, 0.29) is 30.6 Å². The Kier molecular flexibility index (Phi) is 8.66. The molecule has 2 heterocycles. The molecular formula is C20H28IN3OS. The van der Waals surface area contributed by atoms with Crippen molar-refractivity contribution in [1.29, 1.82) is 0 Å². The number of rotatable bonds is 6. The molecule has 0 spiro atoms. The minimum absolute atomic E-state index is 0. The summed E-state index contributed by atoms with van der Waals surface area (Å²) in [5, 5.41) is 11.6. The summed E-state index contributed by atoms with van der Waals surface area (Å²) in [4.78, 5) is 4.93. The van der Waals surface area contributed by atoms with E-state index in [1.807, 2.05) is 11.8 Å². The molecule has 142 valence electrons. The van der Waals surface area contributed by atoms with Crippen LogP contribution in [0.2, 0.25) is 0 Å². The highest BCUT2D eigenvalue weighted by atomic mass is 127. The van der Waals surface area contributed by atoms with Gasteiger partial charge in [-0.2, -0.15) is 4.57 Å². The Morgan fingerprint density at radius 2 is 1.88 bits per heavy atom. The van der Waals surface area contributed by atoms with E-state index in [1.165, 1.54) is 21.6 Å². The maximum Gasteiger partial charge on any atom is 0.212 e. The number of fused-ring (bicyclic) bond motifs is 1. The Bertz CT molecular complexity index is 745. The molecule has 1 aliphatic rings. The molecule has 26 heavy (non-hydrogen) atoms. The van der Waals surface area contributed by atoms with Crippen LogP contribution in [0.4, 0.5) is 0 Å². The Morgan fingerprint density at radius 3 is 2.58 bits per heavy atom. The van der Waals surface area contributed by atoms with Crippen LogP contribution in [-0.4, -0.2) is 60.5 Å². The third kappa shape index (κ3) is 5.12. The molecule has 4 nitrogen and oxygen atoms in total. The summed E-state index contributed by atoms with van der Waals surface area (Å²) < 4.78 is 2.27. The molecule has 0 radical (unpaired) electrons. The van der Waals surface area contributed by atoms with E-state index in [9.17, 15) is 0 Å². The summed E-state index contributed by atoms with van der Waals surface area (Å²) in [6.45, 7) is 5.53. The Balaban J connectivity index is 0.00000243. The van der Waals surface area contributed by atoms with Crippen LogP contribution >= 0.6 is 11.8 Å². The van der Waals surface area contributed by atoms with Gasteiger partial charge in [0.15, 0.2) is 0 Å². The first kappa shape index (κ1) is 21.5. The van der Waals surface area contributed by atoms with Gasteiger partial charge < -0.3 is 34.0 Å². The first-order valence-electron chi connectivity index (χ1n) is 8.94. The van der Waals surface area contributed by atoms with Crippen molar-refractivity contribution in [2.24, 2.45) is 7.05 Å². The predicted molar refractivity (Wildman–Crippen MR) is 106 cm³/mol. The lowest BCUT2D eigenvalue weighted by Crippen LogP contribution is -3.00. The minimum Gasteiger partial charge on any atom is -1.00 e. The summed E-state index contributed by atoms with van der Waals surface area (Å²) in [6, 6.07) is 12.9. The molecule has 1 N–H and O–H groups in total.